The zero-order chi connectivity index (χ0) is 25.5. The van der Waals surface area contributed by atoms with Gasteiger partial charge in [-0.2, -0.15) is 0 Å². The quantitative estimate of drug-likeness (QED) is 0.214. The first-order valence-electron chi connectivity index (χ1n) is 12.6. The number of rotatable bonds is 7. The molecule has 4 aromatic rings. The smallest absolute Gasteiger partial charge is 0.200 e. The van der Waals surface area contributed by atoms with Crippen molar-refractivity contribution in [3.8, 4) is 16.2 Å². The molecule has 0 N–H and O–H groups in total. The van der Waals surface area contributed by atoms with Crippen molar-refractivity contribution >= 4 is 33.7 Å². The van der Waals surface area contributed by atoms with Crippen molar-refractivity contribution in [1.29, 1.82) is 0 Å². The van der Waals surface area contributed by atoms with E-state index in [0.717, 1.165) is 59.3 Å². The van der Waals surface area contributed by atoms with Crippen molar-refractivity contribution in [3.63, 3.8) is 0 Å². The Hall–Kier alpha value is -3.71. The van der Waals surface area contributed by atoms with Gasteiger partial charge in [0.1, 0.15) is 6.61 Å². The third kappa shape index (κ3) is 4.48. The number of benzene rings is 2. The molecule has 188 valence electrons. The molecule has 0 aliphatic heterocycles. The highest BCUT2D eigenvalue weighted by Gasteiger charge is 2.29. The predicted octanol–water partition coefficient (Wildman–Crippen LogP) is 6.34. The molecule has 2 aliphatic carbocycles. The van der Waals surface area contributed by atoms with Crippen molar-refractivity contribution in [2.24, 2.45) is 5.16 Å². The number of hydrogen-bond acceptors (Lipinski definition) is 6. The number of aryl methyl sites for hydroxylation is 1. The Labute approximate surface area is 219 Å². The van der Waals surface area contributed by atoms with Crippen molar-refractivity contribution in [2.75, 3.05) is 7.11 Å². The Morgan fingerprint density at radius 3 is 2.68 bits per heavy atom. The summed E-state index contributed by atoms with van der Waals surface area (Å²) in [7, 11) is 1.65. The Kier molecular flexibility index (Phi) is 6.16. The predicted molar refractivity (Wildman–Crippen MR) is 147 cm³/mol. The molecule has 0 spiro atoms. The van der Waals surface area contributed by atoms with Gasteiger partial charge >= 0.3 is 0 Å². The Morgan fingerprint density at radius 2 is 1.95 bits per heavy atom. The minimum Gasteiger partial charge on any atom is -0.494 e. The van der Waals surface area contributed by atoms with Gasteiger partial charge in [0.05, 0.1) is 29.3 Å². The summed E-state index contributed by atoms with van der Waals surface area (Å²) in [6, 6.07) is 16.4. The van der Waals surface area contributed by atoms with E-state index >= 15 is 0 Å². The number of carbonyl (C=O) groups excluding carboxylic acids is 1. The molecule has 6 nitrogen and oxygen atoms in total. The van der Waals surface area contributed by atoms with Crippen LogP contribution in [0.5, 0.6) is 5.75 Å². The van der Waals surface area contributed by atoms with Crippen LogP contribution in [0.2, 0.25) is 0 Å². The molecular formula is C30H28N2O4S. The number of hydrogen-bond donors (Lipinski definition) is 0. The standard InChI is InChI=1S/C30H28N2O4S/c1-18(33)25-16-32(22-9-10-22)28-24(29(25)34)12-11-23(30(28)35-2)27-15-20-14-21(8-13-26(20)37-27)31-36-17-19-6-4-3-5-7-19/h3-7,11-12,15-16,22H,8-10,13-14,17H2,1-2H3/b31-21+. The van der Waals surface area contributed by atoms with Crippen molar-refractivity contribution in [1.82, 2.24) is 4.57 Å². The van der Waals surface area contributed by atoms with Crippen LogP contribution in [0.1, 0.15) is 58.6 Å². The topological polar surface area (TPSA) is 69.9 Å². The summed E-state index contributed by atoms with van der Waals surface area (Å²) in [4.78, 5) is 33.4. The fraction of sp³-hybridized carbons (Fsp3) is 0.300. The van der Waals surface area contributed by atoms with Gasteiger partial charge < -0.3 is 14.1 Å². The molecule has 2 aliphatic rings. The molecule has 7 heteroatoms. The molecule has 0 amide bonds. The molecule has 0 atom stereocenters. The maximum atomic E-state index is 13.1. The summed E-state index contributed by atoms with van der Waals surface area (Å²) in [5.74, 6) is 0.482. The first-order chi connectivity index (χ1) is 18.0. The largest absolute Gasteiger partial charge is 0.494 e. The summed E-state index contributed by atoms with van der Waals surface area (Å²) >= 11 is 1.77. The highest BCUT2D eigenvalue weighted by atomic mass is 32.1. The molecular weight excluding hydrogens is 484 g/mol. The van der Waals surface area contributed by atoms with E-state index in [4.69, 9.17) is 9.57 Å². The number of aromatic nitrogens is 1. The average Bonchev–Trinajstić information content (AvgIpc) is 3.67. The van der Waals surface area contributed by atoms with E-state index in [1.54, 1.807) is 24.6 Å². The molecule has 0 saturated heterocycles. The minimum absolute atomic E-state index is 0.208. The highest BCUT2D eigenvalue weighted by Crippen LogP contribution is 2.45. The van der Waals surface area contributed by atoms with Crippen LogP contribution in [0.4, 0.5) is 0 Å². The number of fused-ring (bicyclic) bond motifs is 2. The Morgan fingerprint density at radius 1 is 1.14 bits per heavy atom. The SMILES string of the molecule is COc1c(-c2cc3c(s2)CC/C(=N\OCc2ccccc2)C3)ccc2c(=O)c(C(C)=O)cn(C3CC3)c12. The Bertz CT molecular complexity index is 1600. The maximum absolute atomic E-state index is 13.1. The van der Waals surface area contributed by atoms with Gasteiger partial charge in [-0.25, -0.2) is 0 Å². The lowest BCUT2D eigenvalue weighted by atomic mass is 9.96. The molecule has 1 saturated carbocycles. The number of carbonyl (C=O) groups is 1. The van der Waals surface area contributed by atoms with E-state index in [9.17, 15) is 9.59 Å². The lowest BCUT2D eigenvalue weighted by molar-refractivity contribution is 0.101. The molecule has 2 aromatic carbocycles. The van der Waals surface area contributed by atoms with Crippen LogP contribution in [-0.2, 0) is 24.3 Å². The first kappa shape index (κ1) is 23.7. The summed E-state index contributed by atoms with van der Waals surface area (Å²) in [5.41, 5.74) is 5.18. The third-order valence-corrected chi connectivity index (χ3v) is 8.41. The van der Waals surface area contributed by atoms with E-state index < -0.39 is 0 Å². The van der Waals surface area contributed by atoms with Crippen molar-refractivity contribution in [2.45, 2.75) is 51.7 Å². The fourth-order valence-corrected chi connectivity index (χ4v) is 6.29. The van der Waals surface area contributed by atoms with Crippen LogP contribution in [0.25, 0.3) is 21.3 Å². The molecule has 0 bridgehead atoms. The number of thiophene rings is 1. The maximum Gasteiger partial charge on any atom is 0.200 e. The van der Waals surface area contributed by atoms with Gasteiger partial charge in [0.25, 0.3) is 0 Å². The lowest BCUT2D eigenvalue weighted by Crippen LogP contribution is -2.18. The lowest BCUT2D eigenvalue weighted by Gasteiger charge is -2.17. The van der Waals surface area contributed by atoms with Crippen LogP contribution in [0.3, 0.4) is 0 Å². The molecule has 0 unspecified atom stereocenters. The van der Waals surface area contributed by atoms with Gasteiger partial charge in [-0.05, 0) is 61.9 Å². The van der Waals surface area contributed by atoms with Crippen LogP contribution in [0.15, 0.2) is 64.7 Å². The van der Waals surface area contributed by atoms with E-state index in [1.807, 2.05) is 42.5 Å². The second-order valence-electron chi connectivity index (χ2n) is 9.76. The summed E-state index contributed by atoms with van der Waals surface area (Å²) < 4.78 is 8.04. The summed E-state index contributed by atoms with van der Waals surface area (Å²) in [5, 5.41) is 4.97. The van der Waals surface area contributed by atoms with Crippen molar-refractivity contribution in [3.05, 3.63) is 86.5 Å². The number of ketones is 1. The van der Waals surface area contributed by atoms with E-state index in [0.29, 0.717) is 17.7 Å². The molecule has 6 rings (SSSR count). The zero-order valence-corrected chi connectivity index (χ0v) is 21.8. The van der Waals surface area contributed by atoms with Crippen LogP contribution >= 0.6 is 11.3 Å². The van der Waals surface area contributed by atoms with Gasteiger partial charge in [0.15, 0.2) is 17.0 Å². The third-order valence-electron chi connectivity index (χ3n) is 7.14. The number of ether oxygens (including phenoxy) is 1. The number of oxime groups is 1. The summed E-state index contributed by atoms with van der Waals surface area (Å²) in [6.45, 7) is 1.92. The molecule has 2 aromatic heterocycles. The second-order valence-corrected chi connectivity index (χ2v) is 10.9. The minimum atomic E-state index is -0.230. The summed E-state index contributed by atoms with van der Waals surface area (Å²) in [6.07, 6.45) is 6.37. The molecule has 0 radical (unpaired) electrons. The normalized spacial score (nSPS) is 16.1. The van der Waals surface area contributed by atoms with E-state index in [1.165, 1.54) is 17.4 Å². The van der Waals surface area contributed by atoms with Crippen LogP contribution in [0, 0.1) is 0 Å². The van der Waals surface area contributed by atoms with Gasteiger partial charge in [-0.1, -0.05) is 35.5 Å². The fourth-order valence-electron chi connectivity index (χ4n) is 5.09. The van der Waals surface area contributed by atoms with Gasteiger partial charge in [0.2, 0.25) is 0 Å². The highest BCUT2D eigenvalue weighted by molar-refractivity contribution is 7.15. The number of Topliss-reactive ketones (excluding diaryl/α,β-unsaturated/α-hetero) is 1. The molecule has 37 heavy (non-hydrogen) atoms. The number of pyridine rings is 1. The number of nitrogens with zero attached hydrogens (tertiary/aromatic N) is 2. The van der Waals surface area contributed by atoms with E-state index in [-0.39, 0.29) is 22.8 Å². The molecule has 1 fully saturated rings. The monoisotopic (exact) mass is 512 g/mol. The van der Waals surface area contributed by atoms with Gasteiger partial charge in [-0.3, -0.25) is 9.59 Å². The van der Waals surface area contributed by atoms with Crippen LogP contribution < -0.4 is 10.2 Å². The molecule has 2 heterocycles. The average molecular weight is 513 g/mol. The van der Waals surface area contributed by atoms with E-state index in [2.05, 4.69) is 15.8 Å². The second kappa shape index (κ2) is 9.63. The van der Waals surface area contributed by atoms with Gasteiger partial charge in [0, 0.05) is 34.0 Å². The first-order valence-corrected chi connectivity index (χ1v) is 13.5. The number of methoxy groups -OCH3 is 1. The van der Waals surface area contributed by atoms with Gasteiger partial charge in [-0.15, -0.1) is 11.3 Å². The van der Waals surface area contributed by atoms with Crippen molar-refractivity contribution < 1.29 is 14.4 Å². The zero-order valence-electron chi connectivity index (χ0n) is 21.0. The van der Waals surface area contributed by atoms with Crippen LogP contribution in [-0.4, -0.2) is 23.2 Å². The Balaban J connectivity index is 1.34.